The van der Waals surface area contributed by atoms with E-state index >= 15 is 0 Å². The Hall–Kier alpha value is -1.07. The summed E-state index contributed by atoms with van der Waals surface area (Å²) in [4.78, 5) is 12.0. The molecule has 0 radical (unpaired) electrons. The Labute approximate surface area is 113 Å². The highest BCUT2D eigenvalue weighted by atomic mass is 35.5. The smallest absolute Gasteiger partial charge is 0.253 e. The van der Waals surface area contributed by atoms with E-state index in [2.05, 4.69) is 5.32 Å². The molecule has 0 saturated carbocycles. The molecule has 1 aromatic carbocycles. The minimum Gasteiger partial charge on any atom is -0.398 e. The number of rotatable bonds is 2. The summed E-state index contributed by atoms with van der Waals surface area (Å²) < 4.78 is 11.2. The van der Waals surface area contributed by atoms with Gasteiger partial charge in [-0.1, -0.05) is 11.6 Å². The molecule has 2 rings (SSSR count). The van der Waals surface area contributed by atoms with Crippen LogP contribution in [0.2, 0.25) is 5.02 Å². The SMILES string of the molecule is Nc1ccc(Cl)cc1C(=O)NC1CCS(=O)CC1. The number of carbonyl (C=O) groups excluding carboxylic acids is 1. The highest BCUT2D eigenvalue weighted by Gasteiger charge is 2.21. The van der Waals surface area contributed by atoms with Crippen LogP contribution >= 0.6 is 11.6 Å². The van der Waals surface area contributed by atoms with Crippen LogP contribution in [-0.4, -0.2) is 27.7 Å². The van der Waals surface area contributed by atoms with Crippen molar-refractivity contribution in [3.8, 4) is 0 Å². The fraction of sp³-hybridized carbons (Fsp3) is 0.417. The molecule has 0 spiro atoms. The summed E-state index contributed by atoms with van der Waals surface area (Å²) in [5.74, 6) is 1.08. The van der Waals surface area contributed by atoms with Crippen LogP contribution in [0.5, 0.6) is 0 Å². The molecule has 1 amide bonds. The van der Waals surface area contributed by atoms with Crippen LogP contribution in [0.4, 0.5) is 5.69 Å². The molecule has 3 N–H and O–H groups in total. The van der Waals surface area contributed by atoms with E-state index in [4.69, 9.17) is 17.3 Å². The Kier molecular flexibility index (Phi) is 4.24. The second kappa shape index (κ2) is 5.71. The molecule has 1 aliphatic heterocycles. The maximum Gasteiger partial charge on any atom is 0.253 e. The number of nitrogens with two attached hydrogens (primary N) is 1. The molecule has 18 heavy (non-hydrogen) atoms. The van der Waals surface area contributed by atoms with Crippen molar-refractivity contribution in [3.63, 3.8) is 0 Å². The quantitative estimate of drug-likeness (QED) is 0.811. The molecule has 0 atom stereocenters. The third kappa shape index (κ3) is 3.23. The van der Waals surface area contributed by atoms with Crippen molar-refractivity contribution in [1.29, 1.82) is 0 Å². The predicted molar refractivity (Wildman–Crippen MR) is 74.2 cm³/mol. The largest absolute Gasteiger partial charge is 0.398 e. The van der Waals surface area contributed by atoms with Gasteiger partial charge in [-0.2, -0.15) is 0 Å². The van der Waals surface area contributed by atoms with Crippen LogP contribution in [0.3, 0.4) is 0 Å². The van der Waals surface area contributed by atoms with Crippen molar-refractivity contribution in [1.82, 2.24) is 5.32 Å². The summed E-state index contributed by atoms with van der Waals surface area (Å²) in [7, 11) is -0.725. The van der Waals surface area contributed by atoms with Crippen LogP contribution in [0.25, 0.3) is 0 Å². The number of nitrogen functional groups attached to an aromatic ring is 1. The molecule has 4 nitrogen and oxygen atoms in total. The first-order chi connectivity index (χ1) is 8.56. The van der Waals surface area contributed by atoms with Gasteiger partial charge in [0.05, 0.1) is 5.56 Å². The third-order valence-corrected chi connectivity index (χ3v) is 4.60. The van der Waals surface area contributed by atoms with E-state index in [9.17, 15) is 9.00 Å². The monoisotopic (exact) mass is 286 g/mol. The molecule has 1 aromatic rings. The number of benzene rings is 1. The lowest BCUT2D eigenvalue weighted by Crippen LogP contribution is -2.39. The first-order valence-corrected chi connectivity index (χ1v) is 7.64. The highest BCUT2D eigenvalue weighted by Crippen LogP contribution is 2.18. The maximum atomic E-state index is 12.0. The Morgan fingerprint density at radius 1 is 1.39 bits per heavy atom. The zero-order chi connectivity index (χ0) is 13.1. The lowest BCUT2D eigenvalue weighted by Gasteiger charge is -2.22. The maximum absolute atomic E-state index is 12.0. The summed E-state index contributed by atoms with van der Waals surface area (Å²) in [6.45, 7) is 0. The Bertz CT molecular complexity index is 483. The predicted octanol–water partition coefficient (Wildman–Crippen LogP) is 1.56. The van der Waals surface area contributed by atoms with E-state index in [0.29, 0.717) is 27.8 Å². The normalized spacial score (nSPS) is 23.6. The molecule has 98 valence electrons. The minimum absolute atomic E-state index is 0.0774. The lowest BCUT2D eigenvalue weighted by molar-refractivity contribution is 0.0935. The number of nitrogens with one attached hydrogen (secondary N) is 1. The summed E-state index contributed by atoms with van der Waals surface area (Å²) >= 11 is 5.85. The summed E-state index contributed by atoms with van der Waals surface area (Å²) in [5, 5.41) is 3.40. The second-order valence-corrected chi connectivity index (χ2v) is 6.46. The molecular formula is C12H15ClN2O2S. The van der Waals surface area contributed by atoms with Crippen molar-refractivity contribution in [2.75, 3.05) is 17.2 Å². The summed E-state index contributed by atoms with van der Waals surface area (Å²) in [6, 6.07) is 4.91. The van der Waals surface area contributed by atoms with Crippen molar-refractivity contribution in [2.24, 2.45) is 0 Å². The highest BCUT2D eigenvalue weighted by molar-refractivity contribution is 7.85. The zero-order valence-electron chi connectivity index (χ0n) is 9.82. The fourth-order valence-corrected chi connectivity index (χ4v) is 3.40. The fourth-order valence-electron chi connectivity index (χ4n) is 1.93. The number of carbonyl (C=O) groups is 1. The van der Waals surface area contributed by atoms with Crippen LogP contribution in [0, 0.1) is 0 Å². The van der Waals surface area contributed by atoms with Crippen molar-refractivity contribution in [3.05, 3.63) is 28.8 Å². The first kappa shape index (κ1) is 13.4. The average molecular weight is 287 g/mol. The van der Waals surface area contributed by atoms with E-state index in [1.165, 1.54) is 0 Å². The van der Waals surface area contributed by atoms with Crippen LogP contribution in [0.1, 0.15) is 23.2 Å². The van der Waals surface area contributed by atoms with Gasteiger partial charge in [0, 0.05) is 39.1 Å². The minimum atomic E-state index is -0.725. The van der Waals surface area contributed by atoms with Gasteiger partial charge in [-0.25, -0.2) is 0 Å². The topological polar surface area (TPSA) is 72.2 Å². The van der Waals surface area contributed by atoms with Crippen LogP contribution < -0.4 is 11.1 Å². The number of halogens is 1. The standard InChI is InChI=1S/C12H15ClN2O2S/c13-8-1-2-11(14)10(7-8)12(16)15-9-3-5-18(17)6-4-9/h1-2,7,9H,3-6,14H2,(H,15,16). The molecule has 6 heteroatoms. The molecule has 0 aromatic heterocycles. The molecule has 1 aliphatic rings. The van der Waals surface area contributed by atoms with Gasteiger partial charge in [0.25, 0.3) is 5.91 Å². The Balaban J connectivity index is 2.03. The first-order valence-electron chi connectivity index (χ1n) is 5.77. The van der Waals surface area contributed by atoms with Crippen LogP contribution in [-0.2, 0) is 10.8 Å². The van der Waals surface area contributed by atoms with Crippen molar-refractivity contribution >= 4 is 34.0 Å². The lowest BCUT2D eigenvalue weighted by atomic mass is 10.1. The van der Waals surface area contributed by atoms with Gasteiger partial charge < -0.3 is 11.1 Å². The van der Waals surface area contributed by atoms with Gasteiger partial charge in [0.1, 0.15) is 0 Å². The molecule has 1 saturated heterocycles. The molecular weight excluding hydrogens is 272 g/mol. The van der Waals surface area contributed by atoms with Gasteiger partial charge >= 0.3 is 0 Å². The summed E-state index contributed by atoms with van der Waals surface area (Å²) in [5.41, 5.74) is 6.56. The molecule has 0 unspecified atom stereocenters. The second-order valence-electron chi connectivity index (χ2n) is 4.33. The molecule has 0 bridgehead atoms. The van der Waals surface area contributed by atoms with E-state index in [0.717, 1.165) is 12.8 Å². The van der Waals surface area contributed by atoms with E-state index in [1.54, 1.807) is 18.2 Å². The molecule has 0 aliphatic carbocycles. The molecule has 1 heterocycles. The van der Waals surface area contributed by atoms with Gasteiger partial charge in [-0.05, 0) is 31.0 Å². The van der Waals surface area contributed by atoms with Crippen LogP contribution in [0.15, 0.2) is 18.2 Å². The number of anilines is 1. The average Bonchev–Trinajstić information content (AvgIpc) is 2.35. The van der Waals surface area contributed by atoms with Gasteiger partial charge in [0.2, 0.25) is 0 Å². The van der Waals surface area contributed by atoms with Gasteiger partial charge in [0.15, 0.2) is 0 Å². The number of hydrogen-bond donors (Lipinski definition) is 2. The number of hydrogen-bond acceptors (Lipinski definition) is 3. The van der Waals surface area contributed by atoms with Crippen molar-refractivity contribution in [2.45, 2.75) is 18.9 Å². The van der Waals surface area contributed by atoms with E-state index in [1.807, 2.05) is 0 Å². The molecule has 1 fully saturated rings. The van der Waals surface area contributed by atoms with Gasteiger partial charge in [-0.15, -0.1) is 0 Å². The Morgan fingerprint density at radius 2 is 2.06 bits per heavy atom. The summed E-state index contributed by atoms with van der Waals surface area (Å²) in [6.07, 6.45) is 1.50. The Morgan fingerprint density at radius 3 is 2.72 bits per heavy atom. The van der Waals surface area contributed by atoms with Gasteiger partial charge in [-0.3, -0.25) is 9.00 Å². The number of amides is 1. The zero-order valence-corrected chi connectivity index (χ0v) is 11.4. The van der Waals surface area contributed by atoms with E-state index < -0.39 is 10.8 Å². The van der Waals surface area contributed by atoms with Crippen molar-refractivity contribution < 1.29 is 9.00 Å². The third-order valence-electron chi connectivity index (χ3n) is 2.98. The van der Waals surface area contributed by atoms with E-state index in [-0.39, 0.29) is 11.9 Å².